The molecule has 0 aromatic carbocycles. The molecule has 0 radical (unpaired) electrons. The first kappa shape index (κ1) is 86.3. The van der Waals surface area contributed by atoms with Crippen LogP contribution in [0.25, 0.3) is 0 Å². The Balaban J connectivity index is 2.13. The fraction of sp³-hybridized carbons (Fsp3) is 0.723. The fourth-order valence-electron chi connectivity index (χ4n) is 11.6. The second-order valence-corrected chi connectivity index (χ2v) is 26.1. The van der Waals surface area contributed by atoms with Crippen LogP contribution in [-0.4, -0.2) is 87.5 Å². The number of carbonyl (C=O) groups is 1. The molecule has 9 heteroatoms. The molecular weight excluding hydrogens is 1140 g/mol. The third-order valence-electron chi connectivity index (χ3n) is 17.5. The topological polar surface area (TPSA) is 149 Å². The van der Waals surface area contributed by atoms with Crippen LogP contribution in [0.5, 0.6) is 0 Å². The van der Waals surface area contributed by atoms with Crippen LogP contribution in [0.15, 0.2) is 134 Å². The van der Waals surface area contributed by atoms with Crippen molar-refractivity contribution in [3.05, 3.63) is 134 Å². The molecule has 9 nitrogen and oxygen atoms in total. The lowest BCUT2D eigenvalue weighted by Gasteiger charge is -2.40. The maximum Gasteiger partial charge on any atom is 0.220 e. The summed E-state index contributed by atoms with van der Waals surface area (Å²) in [4.78, 5) is 13.2. The first-order chi connectivity index (χ1) is 45.3. The van der Waals surface area contributed by atoms with Crippen molar-refractivity contribution in [2.45, 2.75) is 371 Å². The predicted molar refractivity (Wildman–Crippen MR) is 396 cm³/mol. The summed E-state index contributed by atoms with van der Waals surface area (Å²) in [5, 5.41) is 55.0. The lowest BCUT2D eigenvalue weighted by atomic mass is 9.99. The van der Waals surface area contributed by atoms with Gasteiger partial charge in [0.05, 0.1) is 25.4 Å². The van der Waals surface area contributed by atoms with Crippen LogP contribution >= 0.6 is 0 Å². The molecule has 1 aliphatic rings. The van der Waals surface area contributed by atoms with Gasteiger partial charge in [0.25, 0.3) is 0 Å². The molecule has 6 N–H and O–H groups in total. The van der Waals surface area contributed by atoms with Gasteiger partial charge in [-0.2, -0.15) is 0 Å². The molecule has 0 aliphatic carbocycles. The fourth-order valence-corrected chi connectivity index (χ4v) is 11.6. The van der Waals surface area contributed by atoms with Gasteiger partial charge in [0.1, 0.15) is 24.4 Å². The molecule has 92 heavy (non-hydrogen) atoms. The lowest BCUT2D eigenvalue weighted by Crippen LogP contribution is -2.60. The highest BCUT2D eigenvalue weighted by Gasteiger charge is 2.44. The van der Waals surface area contributed by atoms with E-state index in [1.165, 1.54) is 180 Å². The second kappa shape index (κ2) is 70.1. The van der Waals surface area contributed by atoms with Gasteiger partial charge in [-0.05, 0) is 96.3 Å². The van der Waals surface area contributed by atoms with Crippen LogP contribution in [0.2, 0.25) is 0 Å². The minimum absolute atomic E-state index is 0.148. The molecule has 1 saturated heterocycles. The van der Waals surface area contributed by atoms with Gasteiger partial charge >= 0.3 is 0 Å². The van der Waals surface area contributed by atoms with Gasteiger partial charge in [-0.1, -0.05) is 359 Å². The van der Waals surface area contributed by atoms with Crippen molar-refractivity contribution in [3.8, 4) is 0 Å². The molecule has 7 unspecified atom stereocenters. The standard InChI is InChI=1S/C83H143NO8/c1-3-5-7-9-11-13-15-17-19-21-23-25-27-29-31-33-34-35-36-37-38-39-40-41-42-43-44-45-47-49-51-53-55-57-59-61-63-65-67-69-71-73-79(87)84-76(75-91-83-82(90)81(89)80(88)78(74-85)92-83)77(86)72-70-68-66-64-62-60-58-56-54-52-50-48-46-32-30-28-26-24-22-20-18-16-14-12-10-8-6-4-2/h5,7,11,13,17,19,23,25,29,31,34-35,37-38,40-41,43-44,47,49,53,55,76-78,80-83,85-86,88-90H,3-4,6,8-10,12,14-16,18,20-22,24,26-28,30,32-33,36,39,42,45-46,48,50-52,54,56-75H2,1-2H3,(H,84,87)/b7-5-,13-11-,19-17-,25-23-,31-29-,35-34-,38-37-,41-40-,44-43-,49-47-,55-53-. The minimum Gasteiger partial charge on any atom is -0.394 e. The van der Waals surface area contributed by atoms with E-state index in [0.717, 1.165) is 122 Å². The molecule has 1 rings (SSSR count). The van der Waals surface area contributed by atoms with E-state index in [-0.39, 0.29) is 12.5 Å². The number of hydrogen-bond acceptors (Lipinski definition) is 8. The highest BCUT2D eigenvalue weighted by molar-refractivity contribution is 5.76. The molecule has 0 aromatic rings. The van der Waals surface area contributed by atoms with Gasteiger partial charge < -0.3 is 40.3 Å². The van der Waals surface area contributed by atoms with Gasteiger partial charge in [0, 0.05) is 6.42 Å². The van der Waals surface area contributed by atoms with E-state index in [4.69, 9.17) is 9.47 Å². The Morgan fingerprint density at radius 2 is 0.674 bits per heavy atom. The molecule has 0 aromatic heterocycles. The van der Waals surface area contributed by atoms with E-state index < -0.39 is 49.5 Å². The van der Waals surface area contributed by atoms with Crippen LogP contribution in [0.1, 0.15) is 328 Å². The molecule has 1 amide bonds. The third-order valence-corrected chi connectivity index (χ3v) is 17.5. The molecule has 1 heterocycles. The van der Waals surface area contributed by atoms with Crippen LogP contribution in [0, 0.1) is 0 Å². The molecule has 1 fully saturated rings. The van der Waals surface area contributed by atoms with E-state index in [0.29, 0.717) is 12.8 Å². The third kappa shape index (κ3) is 57.7. The number of allylic oxidation sites excluding steroid dienone is 22. The number of aliphatic hydroxyl groups is 5. The monoisotopic (exact) mass is 1280 g/mol. The van der Waals surface area contributed by atoms with E-state index in [9.17, 15) is 30.3 Å². The summed E-state index contributed by atoms with van der Waals surface area (Å²) in [6, 6.07) is -0.737. The lowest BCUT2D eigenvalue weighted by molar-refractivity contribution is -0.302. The number of carbonyl (C=O) groups excluding carboxylic acids is 1. The van der Waals surface area contributed by atoms with Crippen LogP contribution < -0.4 is 5.32 Å². The predicted octanol–water partition coefficient (Wildman–Crippen LogP) is 21.9. The van der Waals surface area contributed by atoms with Crippen LogP contribution in [0.4, 0.5) is 0 Å². The number of ether oxygens (including phenoxy) is 2. The largest absolute Gasteiger partial charge is 0.394 e. The minimum atomic E-state index is -1.56. The smallest absolute Gasteiger partial charge is 0.220 e. The summed E-state index contributed by atoms with van der Waals surface area (Å²) in [6.07, 6.45) is 99.6. The summed E-state index contributed by atoms with van der Waals surface area (Å²) in [5.41, 5.74) is 0. The molecular formula is C83H143NO8. The van der Waals surface area contributed by atoms with Crippen molar-refractivity contribution in [1.82, 2.24) is 5.32 Å². The molecule has 0 spiro atoms. The van der Waals surface area contributed by atoms with Gasteiger partial charge in [-0.15, -0.1) is 0 Å². The number of hydrogen-bond donors (Lipinski definition) is 6. The summed E-state index contributed by atoms with van der Waals surface area (Å²) in [6.45, 7) is 3.75. The van der Waals surface area contributed by atoms with Crippen molar-refractivity contribution in [2.75, 3.05) is 13.2 Å². The Labute approximate surface area is 566 Å². The Bertz CT molecular complexity index is 1920. The summed E-state index contributed by atoms with van der Waals surface area (Å²) < 4.78 is 11.4. The number of nitrogens with one attached hydrogen (secondary N) is 1. The molecule has 7 atom stereocenters. The van der Waals surface area contributed by atoms with Crippen molar-refractivity contribution in [3.63, 3.8) is 0 Å². The summed E-state index contributed by atoms with van der Waals surface area (Å²) in [5.74, 6) is -0.156. The zero-order valence-electron chi connectivity index (χ0n) is 59.3. The van der Waals surface area contributed by atoms with Crippen LogP contribution in [0.3, 0.4) is 0 Å². The zero-order valence-corrected chi connectivity index (χ0v) is 59.3. The average molecular weight is 1280 g/mol. The van der Waals surface area contributed by atoms with E-state index >= 15 is 0 Å². The molecule has 0 bridgehead atoms. The number of rotatable bonds is 66. The highest BCUT2D eigenvalue weighted by atomic mass is 16.7. The van der Waals surface area contributed by atoms with Gasteiger partial charge in [-0.25, -0.2) is 0 Å². The maximum atomic E-state index is 13.2. The first-order valence-corrected chi connectivity index (χ1v) is 38.4. The highest BCUT2D eigenvalue weighted by Crippen LogP contribution is 2.24. The van der Waals surface area contributed by atoms with E-state index in [1.54, 1.807) is 0 Å². The van der Waals surface area contributed by atoms with Gasteiger partial charge in [-0.3, -0.25) is 4.79 Å². The van der Waals surface area contributed by atoms with Crippen molar-refractivity contribution in [2.24, 2.45) is 0 Å². The van der Waals surface area contributed by atoms with Crippen molar-refractivity contribution in [1.29, 1.82) is 0 Å². The van der Waals surface area contributed by atoms with Gasteiger partial charge in [0.15, 0.2) is 6.29 Å². The van der Waals surface area contributed by atoms with E-state index in [1.807, 2.05) is 0 Å². The summed E-state index contributed by atoms with van der Waals surface area (Å²) >= 11 is 0. The maximum absolute atomic E-state index is 13.2. The van der Waals surface area contributed by atoms with Crippen LogP contribution in [-0.2, 0) is 14.3 Å². The summed E-state index contributed by atoms with van der Waals surface area (Å²) in [7, 11) is 0. The van der Waals surface area contributed by atoms with Crippen molar-refractivity contribution < 1.29 is 39.8 Å². The molecule has 528 valence electrons. The number of unbranched alkanes of at least 4 members (excludes halogenated alkanes) is 34. The Morgan fingerprint density at radius 1 is 0.380 bits per heavy atom. The number of aliphatic hydroxyl groups excluding tert-OH is 5. The first-order valence-electron chi connectivity index (χ1n) is 38.4. The SMILES string of the molecule is CC/C=C\C/C=C\C/C=C\C/C=C\C/C=C\C/C=C\C/C=C\C/C=C\C/C=C\C/C=C\C/C=C\CCCCCCCCCC(=O)NC(COC1OC(CO)C(O)C(O)C1O)C(O)CCCCCCCCCCCCCCCCCCCCCCCCCCCCCC. The Hall–Kier alpha value is -3.67. The zero-order chi connectivity index (χ0) is 66.4. The average Bonchev–Trinajstić information content (AvgIpc) is 1.00. The van der Waals surface area contributed by atoms with Crippen molar-refractivity contribution >= 4 is 5.91 Å². The second-order valence-electron chi connectivity index (χ2n) is 26.1. The quantitative estimate of drug-likeness (QED) is 0.0261. The molecule has 1 aliphatic heterocycles. The Kier molecular flexibility index (Phi) is 65.8. The normalized spacial score (nSPS) is 18.4. The number of amides is 1. The Morgan fingerprint density at radius 3 is 1.00 bits per heavy atom. The molecule has 0 saturated carbocycles. The van der Waals surface area contributed by atoms with E-state index in [2.05, 4.69) is 153 Å². The van der Waals surface area contributed by atoms with Gasteiger partial charge in [0.2, 0.25) is 5.91 Å².